The summed E-state index contributed by atoms with van der Waals surface area (Å²) in [7, 11) is 0. The van der Waals surface area contributed by atoms with Crippen LogP contribution < -0.4 is 0 Å². The van der Waals surface area contributed by atoms with Gasteiger partial charge in [-0.25, -0.2) is 9.78 Å². The second-order valence-corrected chi connectivity index (χ2v) is 5.57. The van der Waals surface area contributed by atoms with Crippen LogP contribution in [0.25, 0.3) is 0 Å². The van der Waals surface area contributed by atoms with Gasteiger partial charge in [-0.1, -0.05) is 6.92 Å². The van der Waals surface area contributed by atoms with Crippen molar-refractivity contribution < 1.29 is 9.53 Å². The molecule has 0 unspecified atom stereocenters. The molecule has 0 fully saturated rings. The van der Waals surface area contributed by atoms with Crippen LogP contribution in [0, 0.1) is 0 Å². The lowest BCUT2D eigenvalue weighted by Crippen LogP contribution is -2.41. The molecule has 1 aliphatic rings. The molecule has 5 heteroatoms. The Morgan fingerprint density at radius 3 is 2.78 bits per heavy atom. The first-order chi connectivity index (χ1) is 8.40. The second-order valence-electron chi connectivity index (χ2n) is 5.57. The number of aromatic nitrogens is 2. The summed E-state index contributed by atoms with van der Waals surface area (Å²) in [4.78, 5) is 18.1. The number of carbonyl (C=O) groups excluding carboxylic acids is 1. The van der Waals surface area contributed by atoms with Gasteiger partial charge in [-0.2, -0.15) is 0 Å². The highest BCUT2D eigenvalue weighted by atomic mass is 16.6. The zero-order chi connectivity index (χ0) is 13.3. The van der Waals surface area contributed by atoms with Crippen molar-refractivity contribution in [1.29, 1.82) is 0 Å². The molecule has 5 nitrogen and oxygen atoms in total. The predicted molar refractivity (Wildman–Crippen MR) is 68.2 cm³/mol. The maximum Gasteiger partial charge on any atom is 0.410 e. The van der Waals surface area contributed by atoms with E-state index in [-0.39, 0.29) is 6.09 Å². The molecule has 100 valence electrons. The minimum Gasteiger partial charge on any atom is -0.444 e. The Hall–Kier alpha value is -1.52. The molecule has 0 aromatic carbocycles. The van der Waals surface area contributed by atoms with Gasteiger partial charge in [0, 0.05) is 25.0 Å². The summed E-state index contributed by atoms with van der Waals surface area (Å²) >= 11 is 0. The van der Waals surface area contributed by atoms with E-state index in [1.807, 2.05) is 27.0 Å². The third kappa shape index (κ3) is 2.66. The number of nitrogens with zero attached hydrogens (tertiary/aromatic N) is 3. The third-order valence-corrected chi connectivity index (χ3v) is 2.96. The Labute approximate surface area is 108 Å². The van der Waals surface area contributed by atoms with Crippen LogP contribution in [0.5, 0.6) is 0 Å². The van der Waals surface area contributed by atoms with Crippen molar-refractivity contribution in [3.8, 4) is 0 Å². The molecule has 0 bridgehead atoms. The van der Waals surface area contributed by atoms with Gasteiger partial charge in [-0.3, -0.25) is 4.90 Å². The van der Waals surface area contributed by atoms with E-state index in [9.17, 15) is 4.79 Å². The molecule has 2 rings (SSSR count). The van der Waals surface area contributed by atoms with Crippen molar-refractivity contribution in [2.45, 2.75) is 52.8 Å². The third-order valence-electron chi connectivity index (χ3n) is 2.96. The monoisotopic (exact) mass is 251 g/mol. The number of ether oxygens (including phenoxy) is 1. The van der Waals surface area contributed by atoms with E-state index in [4.69, 9.17) is 4.74 Å². The van der Waals surface area contributed by atoms with Gasteiger partial charge in [-0.05, 0) is 27.2 Å². The number of hydrogen-bond acceptors (Lipinski definition) is 3. The fourth-order valence-electron chi connectivity index (χ4n) is 2.09. The lowest BCUT2D eigenvalue weighted by Gasteiger charge is -2.30. The van der Waals surface area contributed by atoms with E-state index in [1.165, 1.54) is 5.69 Å². The van der Waals surface area contributed by atoms with E-state index in [2.05, 4.69) is 16.5 Å². The Kier molecular flexibility index (Phi) is 3.32. The molecule has 1 amide bonds. The minimum absolute atomic E-state index is 0.255. The zero-order valence-corrected chi connectivity index (χ0v) is 11.6. The highest BCUT2D eigenvalue weighted by Gasteiger charge is 2.26. The average molecular weight is 251 g/mol. The first kappa shape index (κ1) is 12.9. The van der Waals surface area contributed by atoms with Crippen LogP contribution in [0.2, 0.25) is 0 Å². The van der Waals surface area contributed by atoms with Crippen LogP contribution >= 0.6 is 0 Å². The van der Waals surface area contributed by atoms with Crippen LogP contribution in [0.15, 0.2) is 6.20 Å². The van der Waals surface area contributed by atoms with E-state index in [0.717, 1.165) is 18.8 Å². The summed E-state index contributed by atoms with van der Waals surface area (Å²) < 4.78 is 7.57. The smallest absolute Gasteiger partial charge is 0.410 e. The van der Waals surface area contributed by atoms with Crippen LogP contribution in [-0.2, 0) is 24.2 Å². The van der Waals surface area contributed by atoms with E-state index >= 15 is 0 Å². The molecular formula is C13H21N3O2. The van der Waals surface area contributed by atoms with Gasteiger partial charge in [0.05, 0.1) is 6.54 Å². The zero-order valence-electron chi connectivity index (χ0n) is 11.6. The lowest BCUT2D eigenvalue weighted by molar-refractivity contribution is 0.0194. The Bertz CT molecular complexity index is 446. The summed E-state index contributed by atoms with van der Waals surface area (Å²) in [6.45, 7) is 9.78. The highest BCUT2D eigenvalue weighted by molar-refractivity contribution is 5.68. The number of carbonyl (C=O) groups is 1. The van der Waals surface area contributed by atoms with Crippen molar-refractivity contribution >= 4 is 6.09 Å². The first-order valence-electron chi connectivity index (χ1n) is 6.42. The van der Waals surface area contributed by atoms with E-state index in [1.54, 1.807) is 4.90 Å². The van der Waals surface area contributed by atoms with Crippen LogP contribution in [0.3, 0.4) is 0 Å². The minimum atomic E-state index is -0.446. The summed E-state index contributed by atoms with van der Waals surface area (Å²) in [6.07, 6.45) is 2.61. The molecule has 0 saturated carbocycles. The molecule has 18 heavy (non-hydrogen) atoms. The Morgan fingerprint density at radius 2 is 2.17 bits per heavy atom. The molecule has 0 aliphatic carbocycles. The number of aryl methyl sites for hydroxylation is 1. The molecule has 1 aromatic heterocycles. The maximum absolute atomic E-state index is 12.0. The van der Waals surface area contributed by atoms with Gasteiger partial charge in [0.2, 0.25) is 0 Å². The lowest BCUT2D eigenvalue weighted by atomic mass is 10.2. The summed E-state index contributed by atoms with van der Waals surface area (Å²) in [5.41, 5.74) is 0.785. The number of rotatable bonds is 1. The number of imidazole rings is 1. The fourth-order valence-corrected chi connectivity index (χ4v) is 2.09. The van der Waals surface area contributed by atoms with Crippen molar-refractivity contribution in [3.63, 3.8) is 0 Å². The normalized spacial score (nSPS) is 15.4. The van der Waals surface area contributed by atoms with E-state index < -0.39 is 5.60 Å². The van der Waals surface area contributed by atoms with Crippen molar-refractivity contribution in [3.05, 3.63) is 17.7 Å². The van der Waals surface area contributed by atoms with Gasteiger partial charge in [0.1, 0.15) is 11.4 Å². The standard InChI is InChI=1S/C13H21N3O2/c1-5-10-8-14-11-9-15(6-7-16(10)11)12(17)18-13(2,3)4/h8H,5-7,9H2,1-4H3. The van der Waals surface area contributed by atoms with E-state index in [0.29, 0.717) is 13.1 Å². The summed E-state index contributed by atoms with van der Waals surface area (Å²) in [6, 6.07) is 0. The molecule has 0 atom stereocenters. The second kappa shape index (κ2) is 4.63. The fraction of sp³-hybridized carbons (Fsp3) is 0.692. The molecule has 0 saturated heterocycles. The van der Waals surface area contributed by atoms with Gasteiger partial charge in [0.25, 0.3) is 0 Å². The quantitative estimate of drug-likeness (QED) is 0.768. The Balaban J connectivity index is 2.06. The van der Waals surface area contributed by atoms with Crippen LogP contribution in [0.4, 0.5) is 4.79 Å². The first-order valence-corrected chi connectivity index (χ1v) is 6.42. The van der Waals surface area contributed by atoms with Crippen molar-refractivity contribution in [2.75, 3.05) is 6.54 Å². The molecule has 2 heterocycles. The Morgan fingerprint density at radius 1 is 1.44 bits per heavy atom. The van der Waals surface area contributed by atoms with Crippen molar-refractivity contribution in [1.82, 2.24) is 14.5 Å². The summed E-state index contributed by atoms with van der Waals surface area (Å²) in [5, 5.41) is 0. The van der Waals surface area contributed by atoms with Gasteiger partial charge >= 0.3 is 6.09 Å². The average Bonchev–Trinajstić information content (AvgIpc) is 2.68. The molecule has 0 radical (unpaired) electrons. The largest absolute Gasteiger partial charge is 0.444 e. The summed E-state index contributed by atoms with van der Waals surface area (Å²) in [5.74, 6) is 0.948. The van der Waals surface area contributed by atoms with Crippen LogP contribution in [0.1, 0.15) is 39.2 Å². The van der Waals surface area contributed by atoms with Gasteiger partial charge in [-0.15, -0.1) is 0 Å². The number of amides is 1. The maximum atomic E-state index is 12.0. The van der Waals surface area contributed by atoms with Gasteiger partial charge in [0.15, 0.2) is 0 Å². The molecule has 0 spiro atoms. The number of hydrogen-bond donors (Lipinski definition) is 0. The molecule has 1 aromatic rings. The predicted octanol–water partition coefficient (Wildman–Crippen LogP) is 2.20. The van der Waals surface area contributed by atoms with Crippen molar-refractivity contribution in [2.24, 2.45) is 0 Å². The van der Waals surface area contributed by atoms with Crippen LogP contribution in [-0.4, -0.2) is 32.7 Å². The topological polar surface area (TPSA) is 47.4 Å². The number of fused-ring (bicyclic) bond motifs is 1. The molecular weight excluding hydrogens is 230 g/mol. The molecule has 1 aliphatic heterocycles. The highest BCUT2D eigenvalue weighted by Crippen LogP contribution is 2.17. The van der Waals surface area contributed by atoms with Gasteiger partial charge < -0.3 is 9.30 Å². The SMILES string of the molecule is CCc1cnc2n1CCN(C(=O)OC(C)(C)C)C2. The molecule has 0 N–H and O–H groups in total.